The van der Waals surface area contributed by atoms with Crippen LogP contribution in [0.4, 0.5) is 17.1 Å². The Morgan fingerprint density at radius 3 is 2.55 bits per heavy atom. The Labute approximate surface area is 127 Å². The molecular formula is C16H15N3O3. The minimum atomic E-state index is -0.501. The van der Waals surface area contributed by atoms with Crippen LogP contribution in [-0.4, -0.2) is 10.8 Å². The van der Waals surface area contributed by atoms with Gasteiger partial charge in [-0.15, -0.1) is 0 Å². The summed E-state index contributed by atoms with van der Waals surface area (Å²) in [6.07, 6.45) is 3.01. The molecule has 22 heavy (non-hydrogen) atoms. The average molecular weight is 297 g/mol. The molecule has 0 saturated heterocycles. The molecule has 6 nitrogen and oxygen atoms in total. The Balaban J connectivity index is 2.10. The molecule has 2 rings (SSSR count). The third-order valence-corrected chi connectivity index (χ3v) is 3.05. The Hall–Kier alpha value is -3.15. The zero-order valence-corrected chi connectivity index (χ0v) is 11.9. The number of hydrogen-bond acceptors (Lipinski definition) is 4. The average Bonchev–Trinajstić information content (AvgIpc) is 2.48. The Kier molecular flexibility index (Phi) is 4.53. The van der Waals surface area contributed by atoms with Gasteiger partial charge in [-0.05, 0) is 36.3 Å². The van der Waals surface area contributed by atoms with Crippen LogP contribution in [0.15, 0.2) is 48.5 Å². The van der Waals surface area contributed by atoms with Crippen LogP contribution in [0.2, 0.25) is 0 Å². The van der Waals surface area contributed by atoms with Crippen molar-refractivity contribution >= 4 is 29.0 Å². The van der Waals surface area contributed by atoms with E-state index in [-0.39, 0.29) is 11.6 Å². The van der Waals surface area contributed by atoms with Gasteiger partial charge in [0.25, 0.3) is 5.69 Å². The fraction of sp³-hybridized carbons (Fsp3) is 0.0625. The van der Waals surface area contributed by atoms with Gasteiger partial charge in [-0.1, -0.05) is 18.2 Å². The molecule has 0 aliphatic rings. The van der Waals surface area contributed by atoms with Crippen molar-refractivity contribution in [2.24, 2.45) is 0 Å². The zero-order valence-electron chi connectivity index (χ0n) is 11.9. The number of aryl methyl sites for hydroxylation is 1. The first-order chi connectivity index (χ1) is 10.5. The quantitative estimate of drug-likeness (QED) is 0.392. The van der Waals surface area contributed by atoms with Crippen molar-refractivity contribution in [3.8, 4) is 0 Å². The number of nitrogens with zero attached hydrogens (tertiary/aromatic N) is 1. The van der Waals surface area contributed by atoms with Crippen LogP contribution in [0, 0.1) is 17.0 Å². The number of anilines is 2. The molecule has 0 aliphatic carbocycles. The number of nitro benzene ring substituents is 1. The molecule has 2 aromatic rings. The van der Waals surface area contributed by atoms with Crippen LogP contribution in [0.5, 0.6) is 0 Å². The number of carbonyl (C=O) groups is 1. The lowest BCUT2D eigenvalue weighted by Crippen LogP contribution is -2.09. The lowest BCUT2D eigenvalue weighted by molar-refractivity contribution is -0.384. The first-order valence-electron chi connectivity index (χ1n) is 6.55. The molecule has 112 valence electrons. The third-order valence-electron chi connectivity index (χ3n) is 3.05. The minimum Gasteiger partial charge on any atom is -0.399 e. The monoisotopic (exact) mass is 297 g/mol. The summed E-state index contributed by atoms with van der Waals surface area (Å²) in [5.41, 5.74) is 8.16. The number of nitrogen functional groups attached to an aromatic ring is 1. The minimum absolute atomic E-state index is 0.0663. The van der Waals surface area contributed by atoms with E-state index in [0.29, 0.717) is 11.4 Å². The predicted octanol–water partition coefficient (Wildman–Crippen LogP) is 3.14. The maximum Gasteiger partial charge on any atom is 0.271 e. The van der Waals surface area contributed by atoms with Crippen molar-refractivity contribution in [2.45, 2.75) is 6.92 Å². The van der Waals surface area contributed by atoms with E-state index in [1.165, 1.54) is 18.2 Å². The number of non-ortho nitro benzene ring substituents is 1. The van der Waals surface area contributed by atoms with E-state index in [4.69, 9.17) is 5.73 Å². The molecule has 0 saturated carbocycles. The van der Waals surface area contributed by atoms with Crippen molar-refractivity contribution < 1.29 is 9.72 Å². The lowest BCUT2D eigenvalue weighted by atomic mass is 10.1. The summed E-state index contributed by atoms with van der Waals surface area (Å²) in [6.45, 7) is 1.77. The summed E-state index contributed by atoms with van der Waals surface area (Å²) in [6, 6.07) is 11.4. The molecule has 0 atom stereocenters. The smallest absolute Gasteiger partial charge is 0.271 e. The molecule has 1 amide bonds. The van der Waals surface area contributed by atoms with Gasteiger partial charge >= 0.3 is 0 Å². The van der Waals surface area contributed by atoms with Crippen molar-refractivity contribution in [1.29, 1.82) is 0 Å². The highest BCUT2D eigenvalue weighted by Gasteiger charge is 2.09. The third kappa shape index (κ3) is 3.92. The summed E-state index contributed by atoms with van der Waals surface area (Å²) >= 11 is 0. The van der Waals surface area contributed by atoms with E-state index in [2.05, 4.69) is 5.32 Å². The molecule has 0 fully saturated rings. The number of nitrogens with two attached hydrogens (primary N) is 1. The molecule has 0 radical (unpaired) electrons. The van der Waals surface area contributed by atoms with E-state index in [1.54, 1.807) is 43.3 Å². The number of amides is 1. The highest BCUT2D eigenvalue weighted by atomic mass is 16.6. The van der Waals surface area contributed by atoms with Crippen molar-refractivity contribution in [1.82, 2.24) is 0 Å². The lowest BCUT2D eigenvalue weighted by Gasteiger charge is -2.06. The van der Waals surface area contributed by atoms with E-state index in [0.717, 1.165) is 11.1 Å². The van der Waals surface area contributed by atoms with E-state index in [9.17, 15) is 14.9 Å². The first kappa shape index (κ1) is 15.2. The summed E-state index contributed by atoms with van der Waals surface area (Å²) in [7, 11) is 0. The van der Waals surface area contributed by atoms with E-state index in [1.807, 2.05) is 0 Å². The largest absolute Gasteiger partial charge is 0.399 e. The zero-order chi connectivity index (χ0) is 16.1. The van der Waals surface area contributed by atoms with Crippen LogP contribution in [0.25, 0.3) is 6.08 Å². The summed E-state index contributed by atoms with van der Waals surface area (Å²) in [4.78, 5) is 22.2. The molecule has 0 aliphatic heterocycles. The second-order valence-corrected chi connectivity index (χ2v) is 4.75. The fourth-order valence-corrected chi connectivity index (χ4v) is 1.81. The maximum absolute atomic E-state index is 11.9. The molecular weight excluding hydrogens is 282 g/mol. The van der Waals surface area contributed by atoms with Gasteiger partial charge in [-0.2, -0.15) is 0 Å². The summed E-state index contributed by atoms with van der Waals surface area (Å²) in [5, 5.41) is 13.4. The van der Waals surface area contributed by atoms with Gasteiger partial charge in [0.05, 0.1) is 10.6 Å². The highest BCUT2D eigenvalue weighted by molar-refractivity contribution is 6.02. The normalized spacial score (nSPS) is 10.6. The van der Waals surface area contributed by atoms with Gasteiger partial charge in [0.1, 0.15) is 0 Å². The van der Waals surface area contributed by atoms with Crippen LogP contribution in [0.3, 0.4) is 0 Å². The summed E-state index contributed by atoms with van der Waals surface area (Å²) in [5.74, 6) is -0.361. The van der Waals surface area contributed by atoms with Gasteiger partial charge in [0, 0.05) is 23.9 Å². The maximum atomic E-state index is 11.9. The Bertz CT molecular complexity index is 737. The standard InChI is InChI=1S/C16H15N3O3/c1-11-2-8-14(19(21)22)10-15(11)18-16(20)9-5-12-3-6-13(17)7-4-12/h2-10H,17H2,1H3,(H,18,20)/b9-5+. The van der Waals surface area contributed by atoms with Crippen molar-refractivity contribution in [3.63, 3.8) is 0 Å². The summed E-state index contributed by atoms with van der Waals surface area (Å²) < 4.78 is 0. The number of benzene rings is 2. The number of rotatable bonds is 4. The van der Waals surface area contributed by atoms with E-state index < -0.39 is 4.92 Å². The van der Waals surface area contributed by atoms with Crippen LogP contribution in [0.1, 0.15) is 11.1 Å². The van der Waals surface area contributed by atoms with Crippen molar-refractivity contribution in [3.05, 3.63) is 69.8 Å². The van der Waals surface area contributed by atoms with Gasteiger partial charge in [0.15, 0.2) is 0 Å². The molecule has 0 unspecified atom stereocenters. The van der Waals surface area contributed by atoms with Gasteiger partial charge in [-0.3, -0.25) is 14.9 Å². The topological polar surface area (TPSA) is 98.3 Å². The number of hydrogen-bond donors (Lipinski definition) is 2. The van der Waals surface area contributed by atoms with Crippen LogP contribution < -0.4 is 11.1 Å². The number of carbonyl (C=O) groups excluding carboxylic acids is 1. The molecule has 2 aromatic carbocycles. The van der Waals surface area contributed by atoms with Crippen LogP contribution in [-0.2, 0) is 4.79 Å². The van der Waals surface area contributed by atoms with E-state index >= 15 is 0 Å². The molecule has 0 spiro atoms. The SMILES string of the molecule is Cc1ccc([N+](=O)[O-])cc1NC(=O)/C=C/c1ccc(N)cc1. The van der Waals surface area contributed by atoms with Gasteiger partial charge < -0.3 is 11.1 Å². The van der Waals surface area contributed by atoms with Gasteiger partial charge in [-0.25, -0.2) is 0 Å². The molecule has 0 aromatic heterocycles. The Morgan fingerprint density at radius 2 is 1.91 bits per heavy atom. The number of nitrogens with one attached hydrogen (secondary N) is 1. The predicted molar refractivity (Wildman–Crippen MR) is 86.4 cm³/mol. The second kappa shape index (κ2) is 6.53. The Morgan fingerprint density at radius 1 is 1.23 bits per heavy atom. The fourth-order valence-electron chi connectivity index (χ4n) is 1.81. The highest BCUT2D eigenvalue weighted by Crippen LogP contribution is 2.21. The molecule has 3 N–H and O–H groups in total. The molecule has 6 heteroatoms. The molecule has 0 heterocycles. The van der Waals surface area contributed by atoms with Gasteiger partial charge in [0.2, 0.25) is 5.91 Å². The second-order valence-electron chi connectivity index (χ2n) is 4.75. The molecule has 0 bridgehead atoms. The van der Waals surface area contributed by atoms with Crippen molar-refractivity contribution in [2.75, 3.05) is 11.1 Å². The first-order valence-corrected chi connectivity index (χ1v) is 6.55. The number of nitro groups is 1. The van der Waals surface area contributed by atoms with Crippen LogP contribution >= 0.6 is 0 Å².